The third-order valence-electron chi connectivity index (χ3n) is 3.78. The molecule has 94 valence electrons. The summed E-state index contributed by atoms with van der Waals surface area (Å²) in [7, 11) is 0. The van der Waals surface area contributed by atoms with Gasteiger partial charge in [0.15, 0.2) is 0 Å². The summed E-state index contributed by atoms with van der Waals surface area (Å²) in [5.41, 5.74) is 0. The highest BCUT2D eigenvalue weighted by atomic mass is 32.2. The van der Waals surface area contributed by atoms with E-state index in [-0.39, 0.29) is 0 Å². The summed E-state index contributed by atoms with van der Waals surface area (Å²) in [4.78, 5) is 0. The van der Waals surface area contributed by atoms with Gasteiger partial charge in [0.2, 0.25) is 0 Å². The second kappa shape index (κ2) is 6.87. The first-order chi connectivity index (χ1) is 7.92. The topological polar surface area (TPSA) is 21.3 Å². The summed E-state index contributed by atoms with van der Waals surface area (Å²) in [5.74, 6) is 3.25. The average Bonchev–Trinajstić information content (AvgIpc) is 2.85. The first-order valence-electron chi connectivity index (χ1n) is 6.84. The Labute approximate surface area is 104 Å². The van der Waals surface area contributed by atoms with E-state index in [0.29, 0.717) is 12.1 Å². The molecule has 2 atom stereocenters. The summed E-state index contributed by atoms with van der Waals surface area (Å²) in [6.07, 6.45) is 7.36. The molecule has 2 unspecified atom stereocenters. The van der Waals surface area contributed by atoms with Crippen LogP contribution in [0.15, 0.2) is 0 Å². The van der Waals surface area contributed by atoms with E-state index in [1.54, 1.807) is 0 Å². The maximum Gasteiger partial charge on any atom is 0.0821 e. The smallest absolute Gasteiger partial charge is 0.0821 e. The zero-order valence-corrected chi connectivity index (χ0v) is 11.2. The minimum Gasteiger partial charge on any atom is -0.375 e. The van der Waals surface area contributed by atoms with Crippen LogP contribution in [-0.4, -0.2) is 36.8 Å². The van der Waals surface area contributed by atoms with E-state index in [2.05, 4.69) is 24.0 Å². The van der Waals surface area contributed by atoms with Crippen LogP contribution >= 0.6 is 11.8 Å². The largest absolute Gasteiger partial charge is 0.375 e. The second-order valence-corrected chi connectivity index (χ2v) is 6.16. The normalized spacial score (nSPS) is 29.4. The standard InChI is InChI=1S/C13H25NOS/c1-2-7-14-13(11-5-3-4-6-11)12-10-16-9-8-15-12/h11-14H,2-10H2,1H3. The highest BCUT2D eigenvalue weighted by molar-refractivity contribution is 7.99. The first-order valence-corrected chi connectivity index (χ1v) is 8.00. The third-order valence-corrected chi connectivity index (χ3v) is 4.80. The molecule has 0 aromatic rings. The molecule has 1 heterocycles. The number of hydrogen-bond acceptors (Lipinski definition) is 3. The van der Waals surface area contributed by atoms with E-state index < -0.39 is 0 Å². The molecule has 2 fully saturated rings. The van der Waals surface area contributed by atoms with Gasteiger partial charge in [0.25, 0.3) is 0 Å². The van der Waals surface area contributed by atoms with Crippen molar-refractivity contribution in [2.24, 2.45) is 5.92 Å². The summed E-state index contributed by atoms with van der Waals surface area (Å²) >= 11 is 2.06. The van der Waals surface area contributed by atoms with Crippen molar-refractivity contribution in [3.63, 3.8) is 0 Å². The highest BCUT2D eigenvalue weighted by Crippen LogP contribution is 2.31. The molecule has 2 nitrogen and oxygen atoms in total. The van der Waals surface area contributed by atoms with Crippen LogP contribution in [0.2, 0.25) is 0 Å². The van der Waals surface area contributed by atoms with E-state index in [1.165, 1.54) is 43.6 Å². The fraction of sp³-hybridized carbons (Fsp3) is 1.00. The fourth-order valence-corrected chi connectivity index (χ4v) is 3.86. The van der Waals surface area contributed by atoms with Crippen molar-refractivity contribution >= 4 is 11.8 Å². The van der Waals surface area contributed by atoms with Crippen molar-refractivity contribution in [3.8, 4) is 0 Å². The average molecular weight is 243 g/mol. The molecular formula is C13H25NOS. The number of rotatable bonds is 5. The predicted octanol–water partition coefficient (Wildman–Crippen LogP) is 2.68. The molecule has 0 aromatic carbocycles. The molecular weight excluding hydrogens is 218 g/mol. The Morgan fingerprint density at radius 1 is 1.38 bits per heavy atom. The van der Waals surface area contributed by atoms with Crippen molar-refractivity contribution in [2.45, 2.75) is 51.2 Å². The van der Waals surface area contributed by atoms with Gasteiger partial charge in [0.1, 0.15) is 0 Å². The lowest BCUT2D eigenvalue weighted by Crippen LogP contribution is -2.49. The lowest BCUT2D eigenvalue weighted by Gasteiger charge is -2.34. The quantitative estimate of drug-likeness (QED) is 0.802. The van der Waals surface area contributed by atoms with E-state index in [9.17, 15) is 0 Å². The number of hydrogen-bond donors (Lipinski definition) is 1. The van der Waals surface area contributed by atoms with Crippen molar-refractivity contribution < 1.29 is 4.74 Å². The van der Waals surface area contributed by atoms with Gasteiger partial charge in [-0.3, -0.25) is 0 Å². The maximum atomic E-state index is 5.97. The molecule has 3 heteroatoms. The maximum absolute atomic E-state index is 5.97. The number of ether oxygens (including phenoxy) is 1. The molecule has 1 N–H and O–H groups in total. The Hall–Kier alpha value is 0.270. The van der Waals surface area contributed by atoms with Gasteiger partial charge in [0, 0.05) is 17.5 Å². The second-order valence-electron chi connectivity index (χ2n) is 5.01. The lowest BCUT2D eigenvalue weighted by atomic mass is 9.93. The zero-order chi connectivity index (χ0) is 11.2. The van der Waals surface area contributed by atoms with E-state index in [4.69, 9.17) is 4.74 Å². The van der Waals surface area contributed by atoms with Crippen LogP contribution in [0, 0.1) is 5.92 Å². The van der Waals surface area contributed by atoms with Gasteiger partial charge in [-0.2, -0.15) is 11.8 Å². The van der Waals surface area contributed by atoms with Crippen LogP contribution in [0.4, 0.5) is 0 Å². The summed E-state index contributed by atoms with van der Waals surface area (Å²) in [5, 5.41) is 3.74. The molecule has 16 heavy (non-hydrogen) atoms. The molecule has 2 aliphatic rings. The van der Waals surface area contributed by atoms with Gasteiger partial charge in [-0.1, -0.05) is 19.8 Å². The Kier molecular flexibility index (Phi) is 5.46. The van der Waals surface area contributed by atoms with E-state index in [1.807, 2.05) is 0 Å². The molecule has 1 saturated carbocycles. The molecule has 0 radical (unpaired) electrons. The monoisotopic (exact) mass is 243 g/mol. The van der Waals surface area contributed by atoms with Gasteiger partial charge >= 0.3 is 0 Å². The Bertz CT molecular complexity index is 188. The SMILES string of the molecule is CCCNC(C1CCCC1)C1CSCCO1. The minimum absolute atomic E-state index is 0.466. The van der Waals surface area contributed by atoms with Crippen LogP contribution in [0.3, 0.4) is 0 Å². The predicted molar refractivity (Wildman–Crippen MR) is 71.1 cm³/mol. The molecule has 1 aliphatic heterocycles. The van der Waals surface area contributed by atoms with Gasteiger partial charge in [0.05, 0.1) is 12.7 Å². The third kappa shape index (κ3) is 3.38. The van der Waals surface area contributed by atoms with Crippen molar-refractivity contribution in [2.75, 3.05) is 24.7 Å². The molecule has 0 aromatic heterocycles. The molecule has 0 spiro atoms. The first kappa shape index (κ1) is 12.7. The van der Waals surface area contributed by atoms with Crippen molar-refractivity contribution in [1.29, 1.82) is 0 Å². The molecule has 2 rings (SSSR count). The Balaban J connectivity index is 1.89. The Morgan fingerprint density at radius 3 is 2.81 bits per heavy atom. The van der Waals surface area contributed by atoms with Crippen LogP contribution in [0.1, 0.15) is 39.0 Å². The molecule has 0 bridgehead atoms. The lowest BCUT2D eigenvalue weighted by molar-refractivity contribution is 0.0304. The molecule has 1 saturated heterocycles. The molecule has 1 aliphatic carbocycles. The summed E-state index contributed by atoms with van der Waals surface area (Å²) in [6.45, 7) is 4.34. The van der Waals surface area contributed by atoms with Crippen LogP contribution in [0.25, 0.3) is 0 Å². The van der Waals surface area contributed by atoms with Gasteiger partial charge in [-0.15, -0.1) is 0 Å². The van der Waals surface area contributed by atoms with Gasteiger partial charge in [-0.05, 0) is 31.7 Å². The van der Waals surface area contributed by atoms with Crippen LogP contribution in [0.5, 0.6) is 0 Å². The van der Waals surface area contributed by atoms with E-state index in [0.717, 1.165) is 19.1 Å². The number of thioether (sulfide) groups is 1. The summed E-state index contributed by atoms with van der Waals surface area (Å²) in [6, 6.07) is 0.621. The van der Waals surface area contributed by atoms with Gasteiger partial charge in [-0.25, -0.2) is 0 Å². The fourth-order valence-electron chi connectivity index (χ4n) is 2.94. The van der Waals surface area contributed by atoms with Crippen molar-refractivity contribution in [1.82, 2.24) is 5.32 Å². The van der Waals surface area contributed by atoms with Crippen molar-refractivity contribution in [3.05, 3.63) is 0 Å². The zero-order valence-electron chi connectivity index (χ0n) is 10.4. The highest BCUT2D eigenvalue weighted by Gasteiger charge is 2.32. The van der Waals surface area contributed by atoms with Gasteiger partial charge < -0.3 is 10.1 Å². The minimum atomic E-state index is 0.466. The molecule has 0 amide bonds. The van der Waals surface area contributed by atoms with Crippen LogP contribution < -0.4 is 5.32 Å². The Morgan fingerprint density at radius 2 is 2.19 bits per heavy atom. The summed E-state index contributed by atoms with van der Waals surface area (Å²) < 4.78 is 5.97. The van der Waals surface area contributed by atoms with E-state index >= 15 is 0 Å². The van der Waals surface area contributed by atoms with Crippen LogP contribution in [-0.2, 0) is 4.74 Å². The number of nitrogens with one attached hydrogen (secondary N) is 1.